The molecule has 5 aromatic rings. The number of rotatable bonds is 8. The van der Waals surface area contributed by atoms with Crippen molar-refractivity contribution in [1.82, 2.24) is 10.3 Å². The molecule has 1 heterocycles. The number of methoxy groups -OCH3 is 1. The van der Waals surface area contributed by atoms with E-state index in [-0.39, 0.29) is 0 Å². The fourth-order valence-corrected chi connectivity index (χ4v) is 5.61. The number of benzene rings is 4. The summed E-state index contributed by atoms with van der Waals surface area (Å²) in [5.74, 6) is 0.0884. The minimum atomic E-state index is -1.25. The summed E-state index contributed by atoms with van der Waals surface area (Å²) < 4.78 is 6.84. The van der Waals surface area contributed by atoms with Gasteiger partial charge in [-0.2, -0.15) is 0 Å². The molecular formula is C31H29BrN2O2. The lowest BCUT2D eigenvalue weighted by atomic mass is 9.70. The molecule has 5 rings (SSSR count). The molecule has 5 heteroatoms. The van der Waals surface area contributed by atoms with Crippen LogP contribution in [0.4, 0.5) is 0 Å². The van der Waals surface area contributed by atoms with Crippen LogP contribution in [0.5, 0.6) is 5.88 Å². The van der Waals surface area contributed by atoms with Crippen molar-refractivity contribution < 1.29 is 9.84 Å². The number of hydrogen-bond acceptors (Lipinski definition) is 4. The summed E-state index contributed by atoms with van der Waals surface area (Å²) in [6.07, 6.45) is 0.497. The molecule has 1 aromatic heterocycles. The predicted molar refractivity (Wildman–Crippen MR) is 151 cm³/mol. The lowest BCUT2D eigenvalue weighted by Crippen LogP contribution is -2.37. The van der Waals surface area contributed by atoms with Crippen LogP contribution in [-0.2, 0) is 5.60 Å². The number of nitrogens with one attached hydrogen (secondary N) is 1. The van der Waals surface area contributed by atoms with Crippen molar-refractivity contribution >= 4 is 37.6 Å². The van der Waals surface area contributed by atoms with E-state index in [2.05, 4.69) is 63.7 Å². The molecule has 2 unspecified atom stereocenters. The average molecular weight is 541 g/mol. The molecule has 0 fully saturated rings. The van der Waals surface area contributed by atoms with Crippen molar-refractivity contribution in [3.05, 3.63) is 118 Å². The van der Waals surface area contributed by atoms with Gasteiger partial charge in [-0.25, -0.2) is 4.98 Å². The van der Waals surface area contributed by atoms with Crippen LogP contribution in [0.25, 0.3) is 21.7 Å². The maximum Gasteiger partial charge on any atom is 0.217 e. The van der Waals surface area contributed by atoms with E-state index in [0.717, 1.165) is 42.8 Å². The van der Waals surface area contributed by atoms with Gasteiger partial charge in [-0.3, -0.25) is 0 Å². The zero-order valence-corrected chi connectivity index (χ0v) is 22.0. The van der Waals surface area contributed by atoms with Crippen LogP contribution in [0.3, 0.4) is 0 Å². The number of ether oxygens (including phenoxy) is 1. The number of fused-ring (bicyclic) bond motifs is 2. The van der Waals surface area contributed by atoms with E-state index in [0.29, 0.717) is 18.8 Å². The van der Waals surface area contributed by atoms with Gasteiger partial charge >= 0.3 is 0 Å². The minimum Gasteiger partial charge on any atom is -0.481 e. The second-order valence-electron chi connectivity index (χ2n) is 9.07. The first kappa shape index (κ1) is 24.4. The number of aliphatic hydroxyl groups is 1. The Hall–Kier alpha value is -3.25. The van der Waals surface area contributed by atoms with Crippen LogP contribution in [-0.4, -0.2) is 30.8 Å². The van der Waals surface area contributed by atoms with E-state index in [1.165, 1.54) is 0 Å². The van der Waals surface area contributed by atoms with Crippen LogP contribution in [0.2, 0.25) is 0 Å². The van der Waals surface area contributed by atoms with E-state index in [9.17, 15) is 5.11 Å². The Morgan fingerprint density at radius 3 is 2.44 bits per heavy atom. The first-order valence-corrected chi connectivity index (χ1v) is 12.9. The van der Waals surface area contributed by atoms with Crippen LogP contribution in [0, 0.1) is 0 Å². The van der Waals surface area contributed by atoms with Crippen molar-refractivity contribution in [2.75, 3.05) is 20.7 Å². The van der Waals surface area contributed by atoms with E-state index < -0.39 is 11.5 Å². The summed E-state index contributed by atoms with van der Waals surface area (Å²) in [6.45, 7) is 0.637. The molecule has 0 saturated heterocycles. The van der Waals surface area contributed by atoms with E-state index in [4.69, 9.17) is 9.72 Å². The summed E-state index contributed by atoms with van der Waals surface area (Å²) in [5.41, 5.74) is 2.33. The van der Waals surface area contributed by atoms with E-state index in [1.54, 1.807) is 7.11 Å². The Morgan fingerprint density at radius 2 is 1.67 bits per heavy atom. The first-order valence-electron chi connectivity index (χ1n) is 12.1. The molecule has 4 nitrogen and oxygen atoms in total. The summed E-state index contributed by atoms with van der Waals surface area (Å²) in [4.78, 5) is 4.86. The largest absolute Gasteiger partial charge is 0.481 e. The highest BCUT2D eigenvalue weighted by atomic mass is 79.9. The molecular weight excluding hydrogens is 512 g/mol. The zero-order valence-electron chi connectivity index (χ0n) is 20.4. The minimum absolute atomic E-state index is 0.427. The van der Waals surface area contributed by atoms with Crippen LogP contribution < -0.4 is 10.1 Å². The molecule has 182 valence electrons. The molecule has 0 aliphatic carbocycles. The Bertz CT molecular complexity index is 1500. The Morgan fingerprint density at radius 1 is 0.917 bits per heavy atom. The fourth-order valence-electron chi connectivity index (χ4n) is 5.23. The number of hydrogen-bond donors (Lipinski definition) is 2. The average Bonchev–Trinajstić information content (AvgIpc) is 2.92. The zero-order chi connectivity index (χ0) is 25.1. The highest BCUT2D eigenvalue weighted by molar-refractivity contribution is 9.10. The highest BCUT2D eigenvalue weighted by Gasteiger charge is 2.42. The molecule has 0 saturated carbocycles. The molecule has 2 N–H and O–H groups in total. The fraction of sp³-hybridized carbons (Fsp3) is 0.194. The maximum atomic E-state index is 12.9. The topological polar surface area (TPSA) is 54.4 Å². The first-order chi connectivity index (χ1) is 17.5. The lowest BCUT2D eigenvalue weighted by Gasteiger charge is -2.39. The summed E-state index contributed by atoms with van der Waals surface area (Å²) in [6, 6.07) is 32.7. The van der Waals surface area contributed by atoms with Crippen LogP contribution in [0.1, 0.15) is 29.0 Å². The van der Waals surface area contributed by atoms with Gasteiger partial charge in [-0.15, -0.1) is 0 Å². The van der Waals surface area contributed by atoms with Gasteiger partial charge in [0.15, 0.2) is 0 Å². The third-order valence-corrected chi connectivity index (χ3v) is 7.39. The maximum absolute atomic E-state index is 12.9. The van der Waals surface area contributed by atoms with Gasteiger partial charge in [0.25, 0.3) is 0 Å². The van der Waals surface area contributed by atoms with Gasteiger partial charge in [-0.05, 0) is 66.2 Å². The van der Waals surface area contributed by atoms with E-state index in [1.807, 2.05) is 61.6 Å². The molecule has 0 amide bonds. The molecule has 0 spiro atoms. The van der Waals surface area contributed by atoms with Crippen molar-refractivity contribution in [2.24, 2.45) is 0 Å². The molecule has 36 heavy (non-hydrogen) atoms. The summed E-state index contributed by atoms with van der Waals surface area (Å²) >= 11 is 3.60. The van der Waals surface area contributed by atoms with Gasteiger partial charge in [0.05, 0.1) is 12.6 Å². The van der Waals surface area contributed by atoms with Crippen LogP contribution in [0.15, 0.2) is 102 Å². The Labute approximate surface area is 220 Å². The van der Waals surface area contributed by atoms with Crippen molar-refractivity contribution in [3.63, 3.8) is 0 Å². The van der Waals surface area contributed by atoms with Gasteiger partial charge in [0.2, 0.25) is 5.88 Å². The van der Waals surface area contributed by atoms with E-state index >= 15 is 0 Å². The standard InChI is InChI=1S/C31H29BrN2O2/c1-33-18-17-31(35,27-14-8-12-21-9-6-7-13-25(21)27)29(22-10-4-3-5-11-22)26-20-23-19-24(32)15-16-28(23)34-30(26)36-2/h3-16,19-20,29,33,35H,17-18H2,1-2H3. The van der Waals surface area contributed by atoms with Gasteiger partial charge < -0.3 is 15.2 Å². The molecule has 0 bridgehead atoms. The summed E-state index contributed by atoms with van der Waals surface area (Å²) in [5, 5.41) is 19.3. The SMILES string of the molecule is CNCCC(O)(c1cccc2ccccc12)C(c1ccccc1)c1cc2cc(Br)ccc2nc1OC. The highest BCUT2D eigenvalue weighted by Crippen LogP contribution is 2.48. The third-order valence-electron chi connectivity index (χ3n) is 6.90. The monoisotopic (exact) mass is 540 g/mol. The Balaban J connectivity index is 1.84. The van der Waals surface area contributed by atoms with Crippen molar-refractivity contribution in [3.8, 4) is 5.88 Å². The van der Waals surface area contributed by atoms with Gasteiger partial charge in [0, 0.05) is 21.3 Å². The number of halogens is 1. The second kappa shape index (κ2) is 10.4. The summed E-state index contributed by atoms with van der Waals surface area (Å²) in [7, 11) is 3.56. The third kappa shape index (κ3) is 4.50. The normalized spacial score (nSPS) is 14.0. The smallest absolute Gasteiger partial charge is 0.217 e. The lowest BCUT2D eigenvalue weighted by molar-refractivity contribution is 0.0118. The number of pyridine rings is 1. The number of aromatic nitrogens is 1. The molecule has 2 atom stereocenters. The van der Waals surface area contributed by atoms with Crippen LogP contribution >= 0.6 is 15.9 Å². The van der Waals surface area contributed by atoms with Crippen molar-refractivity contribution in [1.29, 1.82) is 0 Å². The van der Waals surface area contributed by atoms with Gasteiger partial charge in [0.1, 0.15) is 5.60 Å². The predicted octanol–water partition coefficient (Wildman–Crippen LogP) is 6.79. The molecule has 0 radical (unpaired) electrons. The van der Waals surface area contributed by atoms with Crippen molar-refractivity contribution in [2.45, 2.75) is 17.9 Å². The quantitative estimate of drug-likeness (QED) is 0.227. The second-order valence-corrected chi connectivity index (χ2v) is 9.99. The Kier molecular flexibility index (Phi) is 7.06. The molecule has 4 aromatic carbocycles. The number of nitrogens with zero attached hydrogens (tertiary/aromatic N) is 1. The molecule has 0 aliphatic heterocycles. The van der Waals surface area contributed by atoms with Gasteiger partial charge in [-0.1, -0.05) is 88.7 Å². The molecule has 0 aliphatic rings.